The van der Waals surface area contributed by atoms with E-state index in [1.807, 2.05) is 85.0 Å². The Kier molecular flexibility index (Phi) is 7.17. The topological polar surface area (TPSA) is 134 Å². The van der Waals surface area contributed by atoms with Crippen molar-refractivity contribution in [2.24, 2.45) is 11.5 Å². The maximum atomic E-state index is 12.4. The van der Waals surface area contributed by atoms with Crippen molar-refractivity contribution < 1.29 is 14.4 Å². The molecule has 0 saturated heterocycles. The highest BCUT2D eigenvalue weighted by molar-refractivity contribution is 8.03. The minimum atomic E-state index is -0.530. The highest BCUT2D eigenvalue weighted by atomic mass is 32.2. The van der Waals surface area contributed by atoms with E-state index >= 15 is 0 Å². The van der Waals surface area contributed by atoms with E-state index in [0.717, 1.165) is 44.6 Å². The average molecular weight is 540 g/mol. The highest BCUT2D eigenvalue weighted by Gasteiger charge is 2.28. The summed E-state index contributed by atoms with van der Waals surface area (Å²) in [4.78, 5) is 41.6. The summed E-state index contributed by atoms with van der Waals surface area (Å²) < 4.78 is 0. The maximum Gasteiger partial charge on any atom is 0.251 e. The summed E-state index contributed by atoms with van der Waals surface area (Å²) in [6.45, 7) is 4.21. The van der Waals surface area contributed by atoms with E-state index in [1.54, 1.807) is 6.07 Å². The highest BCUT2D eigenvalue weighted by Crippen LogP contribution is 2.40. The van der Waals surface area contributed by atoms with Crippen LogP contribution in [0.25, 0.3) is 33.3 Å². The Morgan fingerprint density at radius 1 is 1.00 bits per heavy atom. The summed E-state index contributed by atoms with van der Waals surface area (Å²) in [5.41, 5.74) is 18.8. The molecule has 9 heteroatoms. The number of anilines is 1. The molecule has 0 saturated carbocycles. The number of nitrogens with two attached hydrogens (primary N) is 2. The molecule has 198 valence electrons. The zero-order chi connectivity index (χ0) is 27.7. The van der Waals surface area contributed by atoms with Gasteiger partial charge in [-0.2, -0.15) is 0 Å². The fourth-order valence-electron chi connectivity index (χ4n) is 4.99. The molecule has 3 amide bonds. The Balaban J connectivity index is 1.65. The second-order valence-electron chi connectivity index (χ2n) is 9.32. The molecular weight excluding hydrogens is 510 g/mol. The first-order valence-corrected chi connectivity index (χ1v) is 13.5. The number of carbonyl (C=O) groups is 3. The lowest BCUT2D eigenvalue weighted by Crippen LogP contribution is -2.37. The lowest BCUT2D eigenvalue weighted by atomic mass is 9.94. The molecule has 8 nitrogen and oxygen atoms in total. The molecule has 5 rings (SSSR count). The van der Waals surface area contributed by atoms with Gasteiger partial charge in [0, 0.05) is 41.5 Å². The Hall–Kier alpha value is -4.50. The monoisotopic (exact) mass is 539 g/mol. The summed E-state index contributed by atoms with van der Waals surface area (Å²) in [7, 11) is 0. The molecule has 3 aromatic carbocycles. The predicted molar refractivity (Wildman–Crippen MR) is 157 cm³/mol. The maximum absolute atomic E-state index is 12.4. The summed E-state index contributed by atoms with van der Waals surface area (Å²) in [5.74, 6) is -0.968. The predicted octanol–water partition coefficient (Wildman–Crippen LogP) is 4.77. The van der Waals surface area contributed by atoms with Crippen LogP contribution in [0.1, 0.15) is 34.8 Å². The van der Waals surface area contributed by atoms with Crippen LogP contribution in [-0.2, 0) is 16.1 Å². The number of aromatic amines is 1. The van der Waals surface area contributed by atoms with Gasteiger partial charge in [-0.1, -0.05) is 61.2 Å². The number of fused-ring (bicyclic) bond motifs is 1. The van der Waals surface area contributed by atoms with Gasteiger partial charge >= 0.3 is 0 Å². The van der Waals surface area contributed by atoms with Crippen LogP contribution in [0.15, 0.2) is 72.3 Å². The molecule has 1 unspecified atom stereocenters. The third-order valence-corrected chi connectivity index (χ3v) is 7.96. The first kappa shape index (κ1) is 26.1. The van der Waals surface area contributed by atoms with E-state index in [4.69, 9.17) is 11.5 Å². The number of aromatic nitrogens is 1. The number of nitrogens with one attached hydrogen (secondary N) is 2. The minimum Gasteiger partial charge on any atom is -0.367 e. The van der Waals surface area contributed by atoms with Crippen molar-refractivity contribution in [1.29, 1.82) is 0 Å². The van der Waals surface area contributed by atoms with Crippen LogP contribution < -0.4 is 21.7 Å². The third kappa shape index (κ3) is 4.88. The fraction of sp³-hybridized carbons (Fsp3) is 0.167. The van der Waals surface area contributed by atoms with E-state index in [2.05, 4.69) is 10.3 Å². The minimum absolute atomic E-state index is 0.0278. The number of thioether (sulfide) groups is 1. The van der Waals surface area contributed by atoms with Crippen LogP contribution in [0.4, 0.5) is 5.69 Å². The van der Waals surface area contributed by atoms with Crippen molar-refractivity contribution in [3.8, 4) is 22.4 Å². The van der Waals surface area contributed by atoms with Crippen molar-refractivity contribution in [3.63, 3.8) is 0 Å². The number of hydrogen-bond acceptors (Lipinski definition) is 5. The number of amides is 3. The van der Waals surface area contributed by atoms with Crippen molar-refractivity contribution in [2.75, 3.05) is 4.90 Å². The van der Waals surface area contributed by atoms with Gasteiger partial charge in [0.1, 0.15) is 0 Å². The number of carbonyl (C=O) groups excluding carboxylic acids is 3. The van der Waals surface area contributed by atoms with Crippen LogP contribution in [0, 0.1) is 6.92 Å². The van der Waals surface area contributed by atoms with Gasteiger partial charge in [0.25, 0.3) is 11.8 Å². The number of rotatable bonds is 8. The standard InChI is InChI=1S/C30H29N5O3S/c1-3-26(36)33-16-18-7-4-5-8-20(18)24-15-23-21(11-12-22(28(31)37)27(23)34-24)19-9-6-10-25(17(19)2)35-13-14-39-30(35)29(32)38/h4-15,30,34H,3,16H2,1-2H3,(H2,31,37)(H2,32,38)(H,33,36). The molecular formula is C30H29N5O3S. The SMILES string of the molecule is CCC(=O)NCc1ccccc1-c1cc2c(-c3cccc(N4C=CSC4C(N)=O)c3C)ccc(C(N)=O)c2[nH]1. The smallest absolute Gasteiger partial charge is 0.251 e. The summed E-state index contributed by atoms with van der Waals surface area (Å²) >= 11 is 1.37. The van der Waals surface area contributed by atoms with E-state index in [1.165, 1.54) is 11.8 Å². The van der Waals surface area contributed by atoms with Crippen LogP contribution >= 0.6 is 11.8 Å². The Bertz CT molecular complexity index is 1640. The number of primary amides is 2. The van der Waals surface area contributed by atoms with Crippen LogP contribution in [0.3, 0.4) is 0 Å². The first-order chi connectivity index (χ1) is 18.8. The summed E-state index contributed by atoms with van der Waals surface area (Å²) in [6, 6.07) is 19.4. The lowest BCUT2D eigenvalue weighted by molar-refractivity contribution is -0.121. The molecule has 0 spiro atoms. The largest absolute Gasteiger partial charge is 0.367 e. The average Bonchev–Trinajstić information content (AvgIpc) is 3.59. The third-order valence-electron chi connectivity index (χ3n) is 6.96. The molecule has 6 N–H and O–H groups in total. The van der Waals surface area contributed by atoms with Crippen LogP contribution in [-0.4, -0.2) is 28.1 Å². The Morgan fingerprint density at radius 3 is 2.51 bits per heavy atom. The number of nitrogens with zero attached hydrogens (tertiary/aromatic N) is 1. The van der Waals surface area contributed by atoms with Crippen molar-refractivity contribution >= 4 is 46.1 Å². The molecule has 0 aliphatic carbocycles. The van der Waals surface area contributed by atoms with Gasteiger partial charge < -0.3 is 26.7 Å². The fourth-order valence-corrected chi connectivity index (χ4v) is 5.78. The molecule has 1 aliphatic heterocycles. The number of H-pyrrole nitrogens is 1. The zero-order valence-corrected chi connectivity index (χ0v) is 22.5. The van der Waals surface area contributed by atoms with Gasteiger partial charge in [-0.25, -0.2) is 0 Å². The molecule has 0 radical (unpaired) electrons. The molecule has 0 bridgehead atoms. The van der Waals surface area contributed by atoms with E-state index < -0.39 is 17.2 Å². The normalized spacial score (nSPS) is 14.6. The van der Waals surface area contributed by atoms with Crippen LogP contribution in [0.5, 0.6) is 0 Å². The molecule has 0 fully saturated rings. The van der Waals surface area contributed by atoms with Crippen LogP contribution in [0.2, 0.25) is 0 Å². The van der Waals surface area contributed by atoms with Crippen molar-refractivity contribution in [1.82, 2.24) is 10.3 Å². The van der Waals surface area contributed by atoms with Gasteiger partial charge in [-0.3, -0.25) is 14.4 Å². The molecule has 1 aromatic heterocycles. The van der Waals surface area contributed by atoms with Gasteiger partial charge in [0.05, 0.1) is 11.1 Å². The Labute approximate surface area is 230 Å². The Morgan fingerprint density at radius 2 is 1.77 bits per heavy atom. The molecule has 39 heavy (non-hydrogen) atoms. The van der Waals surface area contributed by atoms with Gasteiger partial charge in [0.2, 0.25) is 5.91 Å². The number of benzene rings is 3. The summed E-state index contributed by atoms with van der Waals surface area (Å²) in [5, 5.41) is 5.13. The molecule has 1 atom stereocenters. The van der Waals surface area contributed by atoms with Gasteiger partial charge in [-0.15, -0.1) is 0 Å². The molecule has 2 heterocycles. The lowest BCUT2D eigenvalue weighted by Gasteiger charge is -2.25. The molecule has 1 aliphatic rings. The summed E-state index contributed by atoms with van der Waals surface area (Å²) in [6.07, 6.45) is 2.27. The second-order valence-corrected chi connectivity index (χ2v) is 10.3. The van der Waals surface area contributed by atoms with Crippen molar-refractivity contribution in [2.45, 2.75) is 32.2 Å². The van der Waals surface area contributed by atoms with Gasteiger partial charge in [0.15, 0.2) is 5.37 Å². The van der Waals surface area contributed by atoms with Crippen molar-refractivity contribution in [3.05, 3.63) is 89.0 Å². The first-order valence-electron chi connectivity index (χ1n) is 12.6. The number of hydrogen-bond donors (Lipinski definition) is 4. The van der Waals surface area contributed by atoms with E-state index in [-0.39, 0.29) is 5.91 Å². The van der Waals surface area contributed by atoms with E-state index in [9.17, 15) is 14.4 Å². The molecule has 4 aromatic rings. The van der Waals surface area contributed by atoms with E-state index in [0.29, 0.717) is 24.0 Å². The quantitative estimate of drug-likeness (QED) is 0.256. The second kappa shape index (κ2) is 10.7. The van der Waals surface area contributed by atoms with Gasteiger partial charge in [-0.05, 0) is 52.8 Å². The zero-order valence-electron chi connectivity index (χ0n) is 21.7.